The van der Waals surface area contributed by atoms with Crippen molar-refractivity contribution in [1.29, 1.82) is 0 Å². The third-order valence-corrected chi connectivity index (χ3v) is 5.86. The molecule has 1 fully saturated rings. The highest BCUT2D eigenvalue weighted by molar-refractivity contribution is 6.11. The van der Waals surface area contributed by atoms with Crippen LogP contribution in [-0.2, 0) is 16.0 Å². The minimum absolute atomic E-state index is 0.0259. The van der Waals surface area contributed by atoms with Crippen molar-refractivity contribution in [1.82, 2.24) is 9.91 Å². The van der Waals surface area contributed by atoms with Crippen LogP contribution in [0.4, 0.5) is 0 Å². The SMILES string of the molecule is CN1N=C(CC(=O)N2CCCC2C2CCCc3ccccc32)CC1=O. The Hall–Kier alpha value is -2.17. The second-order valence-corrected chi connectivity index (χ2v) is 7.43. The Bertz CT molecular complexity index is 727. The van der Waals surface area contributed by atoms with Gasteiger partial charge in [-0.25, -0.2) is 5.01 Å². The fraction of sp³-hybridized carbons (Fsp3) is 0.550. The van der Waals surface area contributed by atoms with Gasteiger partial charge < -0.3 is 4.90 Å². The van der Waals surface area contributed by atoms with Crippen molar-refractivity contribution in [2.75, 3.05) is 13.6 Å². The average molecular weight is 339 g/mol. The second-order valence-electron chi connectivity index (χ2n) is 7.43. The molecule has 0 bridgehead atoms. The lowest BCUT2D eigenvalue weighted by Crippen LogP contribution is -2.40. The van der Waals surface area contributed by atoms with Crippen LogP contribution in [0.1, 0.15) is 55.6 Å². The van der Waals surface area contributed by atoms with Gasteiger partial charge >= 0.3 is 0 Å². The van der Waals surface area contributed by atoms with Gasteiger partial charge in [0.1, 0.15) is 0 Å². The number of aryl methyl sites for hydroxylation is 1. The molecule has 3 aliphatic rings. The number of likely N-dealkylation sites (tertiary alicyclic amines) is 1. The topological polar surface area (TPSA) is 53.0 Å². The van der Waals surface area contributed by atoms with Gasteiger partial charge in [0.05, 0.1) is 18.6 Å². The summed E-state index contributed by atoms with van der Waals surface area (Å²) in [6.07, 6.45) is 6.23. The smallest absolute Gasteiger partial charge is 0.248 e. The van der Waals surface area contributed by atoms with E-state index in [1.807, 2.05) is 0 Å². The predicted molar refractivity (Wildman–Crippen MR) is 96.3 cm³/mol. The van der Waals surface area contributed by atoms with Crippen molar-refractivity contribution in [2.45, 2.75) is 56.9 Å². The lowest BCUT2D eigenvalue weighted by Gasteiger charge is -2.35. The zero-order valence-corrected chi connectivity index (χ0v) is 14.8. The number of hydrazone groups is 1. The molecule has 0 radical (unpaired) electrons. The number of hydrogen-bond acceptors (Lipinski definition) is 3. The van der Waals surface area contributed by atoms with Crippen LogP contribution in [0.3, 0.4) is 0 Å². The van der Waals surface area contributed by atoms with E-state index in [2.05, 4.69) is 34.3 Å². The van der Waals surface area contributed by atoms with Gasteiger partial charge in [0.25, 0.3) is 0 Å². The molecular formula is C20H25N3O2. The van der Waals surface area contributed by atoms with Crippen LogP contribution in [0.25, 0.3) is 0 Å². The number of fused-ring (bicyclic) bond motifs is 1. The maximum atomic E-state index is 12.9. The van der Waals surface area contributed by atoms with Crippen LogP contribution in [0.2, 0.25) is 0 Å². The summed E-state index contributed by atoms with van der Waals surface area (Å²) < 4.78 is 0. The number of rotatable bonds is 3. The van der Waals surface area contributed by atoms with Crippen molar-refractivity contribution in [3.05, 3.63) is 35.4 Å². The molecule has 0 N–H and O–H groups in total. The van der Waals surface area contributed by atoms with Crippen LogP contribution in [-0.4, -0.2) is 47.1 Å². The highest BCUT2D eigenvalue weighted by atomic mass is 16.2. The molecule has 25 heavy (non-hydrogen) atoms. The van der Waals surface area contributed by atoms with Crippen molar-refractivity contribution in [2.24, 2.45) is 5.10 Å². The number of carbonyl (C=O) groups excluding carboxylic acids is 2. The standard InChI is InChI=1S/C20H25N3O2/c1-22-19(24)12-15(21-22)13-20(25)23-11-5-10-18(23)17-9-4-7-14-6-2-3-8-16(14)17/h2-3,6,8,17-18H,4-5,7,9-13H2,1H3. The normalized spacial score (nSPS) is 26.0. The maximum absolute atomic E-state index is 12.9. The summed E-state index contributed by atoms with van der Waals surface area (Å²) in [4.78, 5) is 26.6. The van der Waals surface area contributed by atoms with Crippen molar-refractivity contribution < 1.29 is 9.59 Å². The molecule has 2 aliphatic heterocycles. The predicted octanol–water partition coefficient (Wildman–Crippen LogP) is 2.71. The number of nitrogens with zero attached hydrogens (tertiary/aromatic N) is 3. The van der Waals surface area contributed by atoms with E-state index in [0.29, 0.717) is 17.7 Å². The number of benzene rings is 1. The molecule has 4 rings (SSSR count). The first-order valence-electron chi connectivity index (χ1n) is 9.33. The molecule has 0 aromatic heterocycles. The molecule has 5 heteroatoms. The van der Waals surface area contributed by atoms with E-state index >= 15 is 0 Å². The van der Waals surface area contributed by atoms with E-state index in [4.69, 9.17) is 0 Å². The largest absolute Gasteiger partial charge is 0.339 e. The minimum Gasteiger partial charge on any atom is -0.339 e. The molecule has 2 atom stereocenters. The van der Waals surface area contributed by atoms with Gasteiger partial charge in [-0.2, -0.15) is 5.10 Å². The molecular weight excluding hydrogens is 314 g/mol. The number of amides is 2. The first-order valence-corrected chi connectivity index (χ1v) is 9.33. The number of hydrogen-bond donors (Lipinski definition) is 0. The van der Waals surface area contributed by atoms with Crippen LogP contribution in [0.5, 0.6) is 0 Å². The quantitative estimate of drug-likeness (QED) is 0.850. The average Bonchev–Trinajstić information content (AvgIpc) is 3.21. The van der Waals surface area contributed by atoms with E-state index in [1.54, 1.807) is 7.05 Å². The molecule has 1 aromatic rings. The first kappa shape index (κ1) is 16.3. The summed E-state index contributed by atoms with van der Waals surface area (Å²) in [7, 11) is 1.65. The monoisotopic (exact) mass is 339 g/mol. The maximum Gasteiger partial charge on any atom is 0.248 e. The van der Waals surface area contributed by atoms with Gasteiger partial charge in [-0.15, -0.1) is 0 Å². The van der Waals surface area contributed by atoms with Crippen molar-refractivity contribution in [3.63, 3.8) is 0 Å². The van der Waals surface area contributed by atoms with Crippen molar-refractivity contribution >= 4 is 17.5 Å². The van der Waals surface area contributed by atoms with E-state index in [0.717, 1.165) is 32.2 Å². The lowest BCUT2D eigenvalue weighted by molar-refractivity contribution is -0.131. The van der Waals surface area contributed by atoms with E-state index in [1.165, 1.54) is 22.6 Å². The van der Waals surface area contributed by atoms with Crippen LogP contribution in [0, 0.1) is 0 Å². The van der Waals surface area contributed by atoms with Crippen LogP contribution >= 0.6 is 0 Å². The van der Waals surface area contributed by atoms with Gasteiger partial charge in [-0.05, 0) is 43.2 Å². The summed E-state index contributed by atoms with van der Waals surface area (Å²) in [6, 6.07) is 9.01. The van der Waals surface area contributed by atoms with Crippen LogP contribution < -0.4 is 0 Å². The fourth-order valence-corrected chi connectivity index (χ4v) is 4.68. The summed E-state index contributed by atoms with van der Waals surface area (Å²) >= 11 is 0. The summed E-state index contributed by atoms with van der Waals surface area (Å²) in [5.41, 5.74) is 3.59. The van der Waals surface area contributed by atoms with E-state index in [9.17, 15) is 9.59 Å². The third kappa shape index (κ3) is 3.08. The zero-order chi connectivity index (χ0) is 17.4. The summed E-state index contributed by atoms with van der Waals surface area (Å²) in [6.45, 7) is 0.833. The van der Waals surface area contributed by atoms with Gasteiger partial charge in [-0.3, -0.25) is 9.59 Å². The van der Waals surface area contributed by atoms with Gasteiger partial charge in [0.15, 0.2) is 0 Å². The minimum atomic E-state index is -0.0259. The molecule has 1 saturated heterocycles. The molecule has 132 valence electrons. The van der Waals surface area contributed by atoms with Crippen molar-refractivity contribution in [3.8, 4) is 0 Å². The fourth-order valence-electron chi connectivity index (χ4n) is 4.68. The Morgan fingerprint density at radius 3 is 2.88 bits per heavy atom. The Labute approximate surface area is 148 Å². The number of carbonyl (C=O) groups is 2. The Balaban J connectivity index is 1.51. The van der Waals surface area contributed by atoms with E-state index < -0.39 is 0 Å². The van der Waals surface area contributed by atoms with Gasteiger partial charge in [0, 0.05) is 25.6 Å². The molecule has 0 saturated carbocycles. The Morgan fingerprint density at radius 2 is 2.08 bits per heavy atom. The Morgan fingerprint density at radius 1 is 1.24 bits per heavy atom. The summed E-state index contributed by atoms with van der Waals surface area (Å²) in [5, 5.41) is 5.56. The highest BCUT2D eigenvalue weighted by Gasteiger charge is 2.37. The third-order valence-electron chi connectivity index (χ3n) is 5.86. The molecule has 5 nitrogen and oxygen atoms in total. The first-order chi connectivity index (χ1) is 12.1. The molecule has 2 unspecified atom stereocenters. The summed E-state index contributed by atoms with van der Waals surface area (Å²) in [5.74, 6) is 0.556. The molecule has 0 spiro atoms. The highest BCUT2D eigenvalue weighted by Crippen LogP contribution is 2.39. The van der Waals surface area contributed by atoms with Gasteiger partial charge in [-0.1, -0.05) is 24.3 Å². The zero-order valence-electron chi connectivity index (χ0n) is 14.8. The molecule has 2 amide bonds. The molecule has 2 heterocycles. The Kier molecular flexibility index (Phi) is 4.32. The second kappa shape index (κ2) is 6.62. The van der Waals surface area contributed by atoms with Crippen LogP contribution in [0.15, 0.2) is 29.4 Å². The lowest BCUT2D eigenvalue weighted by atomic mass is 9.78. The van der Waals surface area contributed by atoms with Gasteiger partial charge in [0.2, 0.25) is 11.8 Å². The molecule has 1 aliphatic carbocycles. The van der Waals surface area contributed by atoms with E-state index in [-0.39, 0.29) is 24.7 Å². The molecule has 1 aromatic carbocycles.